The largest absolute Gasteiger partial charge is 0.336 e. The topological polar surface area (TPSA) is 84.1 Å². The molecule has 0 aliphatic heterocycles. The molecule has 3 N–H and O–H groups in total. The molecule has 2 aromatic rings. The molecular weight excluding hydrogens is 298 g/mol. The SMILES string of the molecule is Cc1ncsc1CN(C)C(=O)c1cnc(NN)c(Cl)c1. The zero-order chi connectivity index (χ0) is 14.7. The number of nitrogen functional groups attached to an aromatic ring is 1. The molecule has 0 bridgehead atoms. The van der Waals surface area contributed by atoms with Crippen LogP contribution in [0.2, 0.25) is 5.02 Å². The average molecular weight is 312 g/mol. The number of pyridine rings is 1. The highest BCUT2D eigenvalue weighted by Gasteiger charge is 2.16. The summed E-state index contributed by atoms with van der Waals surface area (Å²) >= 11 is 7.49. The maximum absolute atomic E-state index is 12.3. The van der Waals surface area contributed by atoms with Crippen LogP contribution >= 0.6 is 22.9 Å². The summed E-state index contributed by atoms with van der Waals surface area (Å²) in [6, 6.07) is 1.54. The zero-order valence-corrected chi connectivity index (χ0v) is 12.6. The van der Waals surface area contributed by atoms with E-state index in [0.717, 1.165) is 10.6 Å². The molecule has 0 saturated carbocycles. The van der Waals surface area contributed by atoms with Gasteiger partial charge in [0.1, 0.15) is 0 Å². The molecule has 20 heavy (non-hydrogen) atoms. The van der Waals surface area contributed by atoms with Crippen LogP contribution in [0.15, 0.2) is 17.8 Å². The molecule has 0 fully saturated rings. The second-order valence-corrected chi connectivity index (χ2v) is 5.57. The molecule has 2 heterocycles. The number of halogens is 1. The first-order valence-electron chi connectivity index (χ1n) is 5.79. The Hall–Kier alpha value is -1.70. The Kier molecular flexibility index (Phi) is 4.53. The maximum atomic E-state index is 12.3. The highest BCUT2D eigenvalue weighted by Crippen LogP contribution is 2.21. The number of nitrogens with two attached hydrogens (primary N) is 1. The number of aromatic nitrogens is 2. The van der Waals surface area contributed by atoms with E-state index in [4.69, 9.17) is 17.4 Å². The first-order valence-corrected chi connectivity index (χ1v) is 7.05. The Morgan fingerprint density at radius 1 is 1.55 bits per heavy atom. The van der Waals surface area contributed by atoms with Crippen LogP contribution in [0.5, 0.6) is 0 Å². The third-order valence-electron chi connectivity index (χ3n) is 2.80. The van der Waals surface area contributed by atoms with Crippen molar-refractivity contribution < 1.29 is 4.79 Å². The second-order valence-electron chi connectivity index (χ2n) is 4.22. The van der Waals surface area contributed by atoms with Gasteiger partial charge in [-0.05, 0) is 13.0 Å². The number of rotatable bonds is 4. The molecule has 1 amide bonds. The van der Waals surface area contributed by atoms with E-state index in [-0.39, 0.29) is 5.91 Å². The van der Waals surface area contributed by atoms with Crippen LogP contribution in [-0.2, 0) is 6.54 Å². The lowest BCUT2D eigenvalue weighted by atomic mass is 10.2. The molecule has 0 atom stereocenters. The number of thiazole rings is 1. The molecule has 0 aliphatic carbocycles. The van der Waals surface area contributed by atoms with Gasteiger partial charge in [-0.25, -0.2) is 15.8 Å². The van der Waals surface area contributed by atoms with E-state index in [1.807, 2.05) is 6.92 Å². The fourth-order valence-electron chi connectivity index (χ4n) is 1.65. The van der Waals surface area contributed by atoms with Crippen molar-refractivity contribution in [2.24, 2.45) is 5.84 Å². The van der Waals surface area contributed by atoms with Crippen LogP contribution in [0.3, 0.4) is 0 Å². The summed E-state index contributed by atoms with van der Waals surface area (Å²) in [6.45, 7) is 2.42. The van der Waals surface area contributed by atoms with Crippen LogP contribution in [0.4, 0.5) is 5.82 Å². The van der Waals surface area contributed by atoms with Crippen molar-refractivity contribution in [1.29, 1.82) is 0 Å². The summed E-state index contributed by atoms with van der Waals surface area (Å²) < 4.78 is 0. The molecule has 0 unspecified atom stereocenters. The monoisotopic (exact) mass is 311 g/mol. The molecule has 2 aromatic heterocycles. The molecule has 0 aromatic carbocycles. The van der Waals surface area contributed by atoms with Gasteiger partial charge in [0.05, 0.1) is 28.3 Å². The fraction of sp³-hybridized carbons (Fsp3) is 0.250. The van der Waals surface area contributed by atoms with Crippen LogP contribution in [0, 0.1) is 6.92 Å². The Bertz CT molecular complexity index is 630. The van der Waals surface area contributed by atoms with Gasteiger partial charge in [-0.3, -0.25) is 4.79 Å². The number of amides is 1. The van der Waals surface area contributed by atoms with E-state index in [9.17, 15) is 4.79 Å². The standard InChI is InChI=1S/C12H14ClN5OS/c1-7-10(20-6-16-7)5-18(2)12(19)8-3-9(13)11(17-14)15-4-8/h3-4,6H,5,14H2,1-2H3,(H,15,17). The van der Waals surface area contributed by atoms with Crippen LogP contribution in [0.1, 0.15) is 20.9 Å². The number of hydrogen-bond donors (Lipinski definition) is 2. The molecule has 0 saturated heterocycles. The van der Waals surface area contributed by atoms with Crippen molar-refractivity contribution in [3.05, 3.63) is 38.9 Å². The van der Waals surface area contributed by atoms with E-state index in [0.29, 0.717) is 22.9 Å². The van der Waals surface area contributed by atoms with Crippen LogP contribution in [-0.4, -0.2) is 27.8 Å². The molecule has 2 rings (SSSR count). The molecule has 0 radical (unpaired) electrons. The molecule has 6 nitrogen and oxygen atoms in total. The quantitative estimate of drug-likeness (QED) is 0.667. The van der Waals surface area contributed by atoms with Crippen molar-refractivity contribution in [2.75, 3.05) is 12.5 Å². The van der Waals surface area contributed by atoms with E-state index in [2.05, 4.69) is 15.4 Å². The number of nitrogens with zero attached hydrogens (tertiary/aromatic N) is 3. The Labute approximate surface area is 125 Å². The van der Waals surface area contributed by atoms with Gasteiger partial charge >= 0.3 is 0 Å². The van der Waals surface area contributed by atoms with Crippen molar-refractivity contribution in [3.63, 3.8) is 0 Å². The predicted molar refractivity (Wildman–Crippen MR) is 79.7 cm³/mol. The molecule has 0 aliphatic rings. The molecule has 0 spiro atoms. The van der Waals surface area contributed by atoms with Gasteiger partial charge in [-0.15, -0.1) is 11.3 Å². The minimum absolute atomic E-state index is 0.157. The summed E-state index contributed by atoms with van der Waals surface area (Å²) in [4.78, 5) is 23.1. The lowest BCUT2D eigenvalue weighted by Gasteiger charge is -2.17. The van der Waals surface area contributed by atoms with Gasteiger partial charge in [0.2, 0.25) is 0 Å². The number of aryl methyl sites for hydroxylation is 1. The average Bonchev–Trinajstić information content (AvgIpc) is 2.83. The normalized spacial score (nSPS) is 10.4. The van der Waals surface area contributed by atoms with Crippen molar-refractivity contribution in [1.82, 2.24) is 14.9 Å². The third kappa shape index (κ3) is 3.06. The minimum atomic E-state index is -0.157. The zero-order valence-electron chi connectivity index (χ0n) is 11.1. The van der Waals surface area contributed by atoms with Crippen molar-refractivity contribution >= 4 is 34.7 Å². The number of anilines is 1. The number of hydrazine groups is 1. The van der Waals surface area contributed by atoms with Gasteiger partial charge < -0.3 is 10.3 Å². The van der Waals surface area contributed by atoms with Crippen LogP contribution in [0.25, 0.3) is 0 Å². The minimum Gasteiger partial charge on any atom is -0.336 e. The van der Waals surface area contributed by atoms with Gasteiger partial charge in [0, 0.05) is 18.1 Å². The lowest BCUT2D eigenvalue weighted by Crippen LogP contribution is -2.26. The third-order valence-corrected chi connectivity index (χ3v) is 4.01. The molecule has 8 heteroatoms. The van der Waals surface area contributed by atoms with E-state index >= 15 is 0 Å². The molecule has 106 valence electrons. The predicted octanol–water partition coefficient (Wildman–Crippen LogP) is 2.06. The summed E-state index contributed by atoms with van der Waals surface area (Å²) in [7, 11) is 1.73. The Morgan fingerprint density at radius 3 is 2.85 bits per heavy atom. The Balaban J connectivity index is 2.14. The van der Waals surface area contributed by atoms with E-state index in [1.165, 1.54) is 17.5 Å². The lowest BCUT2D eigenvalue weighted by molar-refractivity contribution is 0.0786. The fourth-order valence-corrected chi connectivity index (χ4v) is 2.70. The van der Waals surface area contributed by atoms with Gasteiger partial charge in [-0.1, -0.05) is 11.6 Å². The number of nitrogens with one attached hydrogen (secondary N) is 1. The first kappa shape index (κ1) is 14.7. The van der Waals surface area contributed by atoms with E-state index in [1.54, 1.807) is 23.5 Å². The van der Waals surface area contributed by atoms with E-state index < -0.39 is 0 Å². The number of carbonyl (C=O) groups is 1. The summed E-state index contributed by atoms with van der Waals surface area (Å²) in [5.74, 6) is 5.43. The highest BCUT2D eigenvalue weighted by atomic mass is 35.5. The van der Waals surface area contributed by atoms with Crippen LogP contribution < -0.4 is 11.3 Å². The Morgan fingerprint density at radius 2 is 2.30 bits per heavy atom. The van der Waals surface area contributed by atoms with Crippen molar-refractivity contribution in [3.8, 4) is 0 Å². The smallest absolute Gasteiger partial charge is 0.255 e. The maximum Gasteiger partial charge on any atom is 0.255 e. The van der Waals surface area contributed by atoms with Gasteiger partial charge in [0.25, 0.3) is 5.91 Å². The summed E-state index contributed by atoms with van der Waals surface area (Å²) in [5.41, 5.74) is 5.48. The summed E-state index contributed by atoms with van der Waals surface area (Å²) in [6.07, 6.45) is 1.44. The summed E-state index contributed by atoms with van der Waals surface area (Å²) in [5, 5.41) is 0.306. The second kappa shape index (κ2) is 6.17. The number of hydrogen-bond acceptors (Lipinski definition) is 6. The number of carbonyl (C=O) groups excluding carboxylic acids is 1. The van der Waals surface area contributed by atoms with Crippen molar-refractivity contribution in [2.45, 2.75) is 13.5 Å². The van der Waals surface area contributed by atoms with Gasteiger partial charge in [-0.2, -0.15) is 0 Å². The first-order chi connectivity index (χ1) is 9.52. The van der Waals surface area contributed by atoms with Gasteiger partial charge in [0.15, 0.2) is 5.82 Å². The molecular formula is C12H14ClN5OS. The highest BCUT2D eigenvalue weighted by molar-refractivity contribution is 7.09.